The van der Waals surface area contributed by atoms with Crippen LogP contribution in [0.4, 0.5) is 16.2 Å². The molecule has 0 unspecified atom stereocenters. The Morgan fingerprint density at radius 1 is 1.62 bits per heavy atom. The summed E-state index contributed by atoms with van der Waals surface area (Å²) in [6, 6.07) is 5.34. The molecule has 0 saturated carbocycles. The van der Waals surface area contributed by atoms with Crippen LogP contribution in [-0.4, -0.2) is 30.0 Å². The number of aliphatic hydroxyl groups excluding tert-OH is 1. The van der Waals surface area contributed by atoms with Crippen LogP contribution in [0.1, 0.15) is 0 Å². The molecule has 0 aliphatic rings. The lowest BCUT2D eigenvalue weighted by Gasteiger charge is -2.17. The van der Waals surface area contributed by atoms with Crippen molar-refractivity contribution in [2.24, 2.45) is 0 Å². The van der Waals surface area contributed by atoms with Gasteiger partial charge in [-0.2, -0.15) is 0 Å². The molecule has 0 aliphatic carbocycles. The normalized spacial score (nSPS) is 9.62. The molecule has 0 heterocycles. The first-order valence-corrected chi connectivity index (χ1v) is 4.31. The number of benzene rings is 1. The van der Waals surface area contributed by atoms with Crippen molar-refractivity contribution in [3.63, 3.8) is 0 Å². The summed E-state index contributed by atoms with van der Waals surface area (Å²) in [6.45, 7) is -0.617. The summed E-state index contributed by atoms with van der Waals surface area (Å²) in [5.41, 5.74) is 0.0309. The Hall–Kier alpha value is -2.15. The van der Waals surface area contributed by atoms with Crippen LogP contribution in [0.25, 0.3) is 0 Å². The Bertz CT molecular complexity index is 407. The molecule has 1 rings (SSSR count). The molecule has 7 nitrogen and oxygen atoms in total. The number of hydrogen-bond donors (Lipinski definition) is 1. The monoisotopic (exact) mass is 226 g/mol. The largest absolute Gasteiger partial charge is 0.452 e. The zero-order valence-electron chi connectivity index (χ0n) is 8.49. The zero-order valence-corrected chi connectivity index (χ0v) is 8.49. The molecule has 1 amide bonds. The van der Waals surface area contributed by atoms with Crippen LogP contribution in [0.15, 0.2) is 24.3 Å². The second-order valence-corrected chi connectivity index (χ2v) is 2.82. The SMILES string of the molecule is COC(=O)N(CO)c1cccc([N+](=O)[O-])c1. The first-order chi connectivity index (χ1) is 7.60. The van der Waals surface area contributed by atoms with Gasteiger partial charge >= 0.3 is 6.09 Å². The summed E-state index contributed by atoms with van der Waals surface area (Å²) < 4.78 is 4.42. The number of carbonyl (C=O) groups excluding carboxylic acids is 1. The van der Waals surface area contributed by atoms with E-state index in [1.54, 1.807) is 0 Å². The topological polar surface area (TPSA) is 92.9 Å². The zero-order chi connectivity index (χ0) is 12.1. The van der Waals surface area contributed by atoms with Crippen LogP contribution in [0.2, 0.25) is 0 Å². The van der Waals surface area contributed by atoms with Crippen LogP contribution in [0.5, 0.6) is 0 Å². The molecule has 0 aliphatic heterocycles. The number of rotatable bonds is 3. The van der Waals surface area contributed by atoms with Gasteiger partial charge in [0.15, 0.2) is 0 Å². The van der Waals surface area contributed by atoms with Crippen LogP contribution >= 0.6 is 0 Å². The number of amides is 1. The van der Waals surface area contributed by atoms with E-state index in [9.17, 15) is 14.9 Å². The molecule has 16 heavy (non-hydrogen) atoms. The maximum atomic E-state index is 11.2. The third kappa shape index (κ3) is 2.45. The highest BCUT2D eigenvalue weighted by Crippen LogP contribution is 2.21. The van der Waals surface area contributed by atoms with Gasteiger partial charge in [-0.25, -0.2) is 4.79 Å². The number of hydrogen-bond acceptors (Lipinski definition) is 5. The fourth-order valence-electron chi connectivity index (χ4n) is 1.13. The Morgan fingerprint density at radius 2 is 2.31 bits per heavy atom. The second kappa shape index (κ2) is 5.08. The van der Waals surface area contributed by atoms with Gasteiger partial charge in [0.1, 0.15) is 6.73 Å². The highest BCUT2D eigenvalue weighted by Gasteiger charge is 2.17. The Labute approximate surface area is 91.0 Å². The molecule has 0 bridgehead atoms. The summed E-state index contributed by atoms with van der Waals surface area (Å²) >= 11 is 0. The van der Waals surface area contributed by atoms with E-state index in [0.29, 0.717) is 0 Å². The fraction of sp³-hybridized carbons (Fsp3) is 0.222. The van der Waals surface area contributed by atoms with Crippen LogP contribution in [0, 0.1) is 10.1 Å². The molecule has 0 aromatic heterocycles. The molecule has 0 saturated heterocycles. The quantitative estimate of drug-likeness (QED) is 0.473. The molecule has 1 N–H and O–H groups in total. The number of nitrogens with zero attached hydrogens (tertiary/aromatic N) is 2. The van der Waals surface area contributed by atoms with Gasteiger partial charge in [0.2, 0.25) is 0 Å². The minimum atomic E-state index is -0.789. The average Bonchev–Trinajstić information content (AvgIpc) is 2.30. The predicted molar refractivity (Wildman–Crippen MR) is 55.1 cm³/mol. The molecular formula is C9H10N2O5. The fourth-order valence-corrected chi connectivity index (χ4v) is 1.13. The van der Waals surface area contributed by atoms with Crippen molar-refractivity contribution in [1.82, 2.24) is 0 Å². The third-order valence-corrected chi connectivity index (χ3v) is 1.89. The lowest BCUT2D eigenvalue weighted by molar-refractivity contribution is -0.384. The Kier molecular flexibility index (Phi) is 3.78. The molecule has 7 heteroatoms. The maximum absolute atomic E-state index is 11.2. The van der Waals surface area contributed by atoms with E-state index in [0.717, 1.165) is 12.0 Å². The van der Waals surface area contributed by atoms with Crippen molar-refractivity contribution in [3.05, 3.63) is 34.4 Å². The summed E-state index contributed by atoms with van der Waals surface area (Å²) in [5, 5.41) is 19.5. The van der Waals surface area contributed by atoms with Crippen molar-refractivity contribution in [3.8, 4) is 0 Å². The van der Waals surface area contributed by atoms with Crippen molar-refractivity contribution in [1.29, 1.82) is 0 Å². The smallest absolute Gasteiger partial charge is 0.415 e. The van der Waals surface area contributed by atoms with Gasteiger partial charge in [0.05, 0.1) is 17.7 Å². The van der Waals surface area contributed by atoms with E-state index in [4.69, 9.17) is 5.11 Å². The lowest BCUT2D eigenvalue weighted by atomic mass is 10.2. The Balaban J connectivity index is 3.06. The molecule has 0 spiro atoms. The summed E-state index contributed by atoms with van der Waals surface area (Å²) in [5.74, 6) is 0. The van der Waals surface area contributed by atoms with Crippen molar-refractivity contribution < 1.29 is 19.6 Å². The third-order valence-electron chi connectivity index (χ3n) is 1.89. The molecule has 86 valence electrons. The molecule has 0 fully saturated rings. The van der Waals surface area contributed by atoms with Crippen molar-refractivity contribution in [2.75, 3.05) is 18.7 Å². The summed E-state index contributed by atoms with van der Waals surface area (Å²) in [6.07, 6.45) is -0.789. The Morgan fingerprint density at radius 3 is 2.81 bits per heavy atom. The number of aliphatic hydroxyl groups is 1. The number of nitro groups is 1. The van der Waals surface area contributed by atoms with E-state index in [1.165, 1.54) is 24.3 Å². The minimum Gasteiger partial charge on any atom is -0.452 e. The molecule has 1 aromatic carbocycles. The van der Waals surface area contributed by atoms with Crippen LogP contribution < -0.4 is 4.90 Å². The maximum Gasteiger partial charge on any atom is 0.415 e. The highest BCUT2D eigenvalue weighted by atomic mass is 16.6. The first-order valence-electron chi connectivity index (χ1n) is 4.31. The standard InChI is InChI=1S/C9H10N2O5/c1-16-9(13)10(6-12)7-3-2-4-8(5-7)11(14)15/h2-5,12H,6H2,1H3. The van der Waals surface area contributed by atoms with Gasteiger partial charge in [-0.15, -0.1) is 0 Å². The van der Waals surface area contributed by atoms with Gasteiger partial charge < -0.3 is 9.84 Å². The van der Waals surface area contributed by atoms with E-state index >= 15 is 0 Å². The van der Waals surface area contributed by atoms with Gasteiger partial charge in [-0.1, -0.05) is 6.07 Å². The predicted octanol–water partition coefficient (Wildman–Crippen LogP) is 1.12. The first kappa shape index (κ1) is 11.9. The van der Waals surface area contributed by atoms with E-state index in [2.05, 4.69) is 4.74 Å². The highest BCUT2D eigenvalue weighted by molar-refractivity contribution is 5.87. The van der Waals surface area contributed by atoms with Crippen molar-refractivity contribution in [2.45, 2.75) is 0 Å². The van der Waals surface area contributed by atoms with Gasteiger partial charge in [0, 0.05) is 12.1 Å². The summed E-state index contributed by atoms with van der Waals surface area (Å²) in [4.78, 5) is 22.0. The molecule has 0 radical (unpaired) electrons. The number of methoxy groups -OCH3 is 1. The van der Waals surface area contributed by atoms with Gasteiger partial charge in [-0.3, -0.25) is 15.0 Å². The number of ether oxygens (including phenoxy) is 1. The van der Waals surface area contributed by atoms with E-state index in [-0.39, 0.29) is 11.4 Å². The average molecular weight is 226 g/mol. The van der Waals surface area contributed by atoms with Gasteiger partial charge in [0.25, 0.3) is 5.69 Å². The lowest BCUT2D eigenvalue weighted by Crippen LogP contribution is -2.31. The van der Waals surface area contributed by atoms with Crippen molar-refractivity contribution >= 4 is 17.5 Å². The number of carbonyl (C=O) groups is 1. The molecule has 1 aromatic rings. The number of nitro benzene ring substituents is 1. The molecular weight excluding hydrogens is 216 g/mol. The number of non-ortho nitro benzene ring substituents is 1. The van der Waals surface area contributed by atoms with Crippen LogP contribution in [-0.2, 0) is 4.74 Å². The molecule has 0 atom stereocenters. The minimum absolute atomic E-state index is 0.167. The second-order valence-electron chi connectivity index (χ2n) is 2.82. The number of anilines is 1. The van der Waals surface area contributed by atoms with Crippen LogP contribution in [0.3, 0.4) is 0 Å². The van der Waals surface area contributed by atoms with E-state index in [1.807, 2.05) is 0 Å². The van der Waals surface area contributed by atoms with E-state index < -0.39 is 17.7 Å². The van der Waals surface area contributed by atoms with Gasteiger partial charge in [-0.05, 0) is 6.07 Å². The summed E-state index contributed by atoms with van der Waals surface area (Å²) in [7, 11) is 1.16.